The Morgan fingerprint density at radius 3 is 2.68 bits per heavy atom. The van der Waals surface area contributed by atoms with Crippen LogP contribution in [-0.4, -0.2) is 23.3 Å². The fraction of sp³-hybridized carbons (Fsp3) is 0.0870. The van der Waals surface area contributed by atoms with Gasteiger partial charge in [-0.05, 0) is 41.5 Å². The Kier molecular flexibility index (Phi) is 3.98. The zero-order valence-corrected chi connectivity index (χ0v) is 15.4. The fourth-order valence-corrected chi connectivity index (χ4v) is 3.36. The van der Waals surface area contributed by atoms with Crippen LogP contribution in [-0.2, 0) is 6.54 Å². The van der Waals surface area contributed by atoms with Crippen molar-refractivity contribution < 1.29 is 4.74 Å². The van der Waals surface area contributed by atoms with Gasteiger partial charge in [0.05, 0.1) is 19.2 Å². The van der Waals surface area contributed by atoms with Crippen molar-refractivity contribution >= 4 is 28.6 Å². The summed E-state index contributed by atoms with van der Waals surface area (Å²) in [6.45, 7) is 0.751. The van der Waals surface area contributed by atoms with Crippen molar-refractivity contribution in [3.8, 4) is 17.1 Å². The number of fused-ring (bicyclic) bond motifs is 2. The van der Waals surface area contributed by atoms with Crippen LogP contribution in [0.5, 0.6) is 5.75 Å². The van der Waals surface area contributed by atoms with Crippen LogP contribution in [0.2, 0.25) is 0 Å². The van der Waals surface area contributed by atoms with Gasteiger partial charge in [0.1, 0.15) is 11.6 Å². The predicted octanol–water partition coefficient (Wildman–Crippen LogP) is 4.98. The number of nitrogens with zero attached hydrogens (tertiary/aromatic N) is 3. The number of nitrogens with one attached hydrogen (secondary N) is 1. The van der Waals surface area contributed by atoms with Gasteiger partial charge in [-0.25, -0.2) is 9.97 Å². The standard InChI is InChI=1S/C23H18N4O/c1-28-19-9-10-21-20(12-19)23(27-22(26-21)15-5-3-2-4-6-15)25-18-8-7-16-13-24-14-17(16)11-18/h2-12,14H,13H2,1H3,(H,25,26,27). The third-order valence-corrected chi connectivity index (χ3v) is 4.84. The van der Waals surface area contributed by atoms with E-state index in [0.29, 0.717) is 5.82 Å². The van der Waals surface area contributed by atoms with E-state index in [9.17, 15) is 0 Å². The Labute approximate surface area is 162 Å². The van der Waals surface area contributed by atoms with Gasteiger partial charge in [-0.15, -0.1) is 0 Å². The van der Waals surface area contributed by atoms with Crippen molar-refractivity contribution in [2.24, 2.45) is 4.99 Å². The predicted molar refractivity (Wildman–Crippen MR) is 113 cm³/mol. The summed E-state index contributed by atoms with van der Waals surface area (Å²) in [6, 6.07) is 22.1. The van der Waals surface area contributed by atoms with Gasteiger partial charge >= 0.3 is 0 Å². The molecule has 0 spiro atoms. The lowest BCUT2D eigenvalue weighted by Gasteiger charge is -2.13. The SMILES string of the molecule is COc1ccc2nc(-c3ccccc3)nc(Nc3ccc4c(c3)C=NC4)c2c1. The second-order valence-electron chi connectivity index (χ2n) is 6.65. The van der Waals surface area contributed by atoms with E-state index in [0.717, 1.165) is 45.8 Å². The molecule has 1 aliphatic heterocycles. The zero-order chi connectivity index (χ0) is 18.9. The number of benzene rings is 3. The van der Waals surface area contributed by atoms with Crippen LogP contribution >= 0.6 is 0 Å². The molecular formula is C23H18N4O. The van der Waals surface area contributed by atoms with Crippen LogP contribution in [0.15, 0.2) is 71.7 Å². The Morgan fingerprint density at radius 2 is 1.82 bits per heavy atom. The lowest BCUT2D eigenvalue weighted by atomic mass is 10.1. The molecule has 0 unspecified atom stereocenters. The molecule has 0 atom stereocenters. The molecule has 28 heavy (non-hydrogen) atoms. The molecule has 5 heteroatoms. The summed E-state index contributed by atoms with van der Waals surface area (Å²) in [7, 11) is 1.66. The van der Waals surface area contributed by atoms with E-state index >= 15 is 0 Å². The molecule has 2 heterocycles. The third kappa shape index (κ3) is 2.97. The first-order chi connectivity index (χ1) is 13.8. The highest BCUT2D eigenvalue weighted by molar-refractivity contribution is 5.94. The van der Waals surface area contributed by atoms with Crippen molar-refractivity contribution in [3.63, 3.8) is 0 Å². The van der Waals surface area contributed by atoms with Crippen LogP contribution in [0, 0.1) is 0 Å². The molecule has 0 aliphatic carbocycles. The Bertz CT molecular complexity index is 1200. The fourth-order valence-electron chi connectivity index (χ4n) is 3.36. The summed E-state index contributed by atoms with van der Waals surface area (Å²) in [6.07, 6.45) is 1.91. The van der Waals surface area contributed by atoms with E-state index in [-0.39, 0.29) is 0 Å². The van der Waals surface area contributed by atoms with Crippen molar-refractivity contribution in [3.05, 3.63) is 77.9 Å². The second kappa shape index (κ2) is 6.78. The van der Waals surface area contributed by atoms with Gasteiger partial charge in [0.2, 0.25) is 0 Å². The number of methoxy groups -OCH3 is 1. The van der Waals surface area contributed by atoms with Crippen LogP contribution in [0.4, 0.5) is 11.5 Å². The lowest BCUT2D eigenvalue weighted by molar-refractivity contribution is 0.415. The molecule has 1 aliphatic rings. The molecule has 0 saturated carbocycles. The minimum absolute atomic E-state index is 0.684. The summed E-state index contributed by atoms with van der Waals surface area (Å²) in [5, 5.41) is 4.38. The van der Waals surface area contributed by atoms with Gasteiger partial charge in [-0.1, -0.05) is 36.4 Å². The number of hydrogen-bond acceptors (Lipinski definition) is 5. The van der Waals surface area contributed by atoms with E-state index in [2.05, 4.69) is 28.5 Å². The molecule has 0 bridgehead atoms. The Morgan fingerprint density at radius 1 is 0.929 bits per heavy atom. The van der Waals surface area contributed by atoms with Gasteiger partial charge in [-0.3, -0.25) is 4.99 Å². The summed E-state index contributed by atoms with van der Waals surface area (Å²) < 4.78 is 5.40. The van der Waals surface area contributed by atoms with E-state index in [1.165, 1.54) is 5.56 Å². The molecule has 1 N–H and O–H groups in total. The van der Waals surface area contributed by atoms with Crippen molar-refractivity contribution in [2.75, 3.05) is 12.4 Å². The minimum Gasteiger partial charge on any atom is -0.497 e. The van der Waals surface area contributed by atoms with Crippen LogP contribution in [0.3, 0.4) is 0 Å². The molecular weight excluding hydrogens is 348 g/mol. The number of hydrogen-bond donors (Lipinski definition) is 1. The molecule has 5 rings (SSSR count). The second-order valence-corrected chi connectivity index (χ2v) is 6.65. The third-order valence-electron chi connectivity index (χ3n) is 4.84. The minimum atomic E-state index is 0.684. The Balaban J connectivity index is 1.65. The van der Waals surface area contributed by atoms with Gasteiger partial charge in [0, 0.05) is 22.9 Å². The number of anilines is 2. The van der Waals surface area contributed by atoms with Crippen molar-refractivity contribution in [1.29, 1.82) is 0 Å². The van der Waals surface area contributed by atoms with E-state index in [1.54, 1.807) is 7.11 Å². The molecule has 3 aromatic carbocycles. The zero-order valence-electron chi connectivity index (χ0n) is 15.4. The van der Waals surface area contributed by atoms with E-state index in [4.69, 9.17) is 14.7 Å². The average molecular weight is 366 g/mol. The number of aliphatic imine (C=N–C) groups is 1. The smallest absolute Gasteiger partial charge is 0.162 e. The summed E-state index contributed by atoms with van der Waals surface area (Å²) in [5.74, 6) is 2.20. The highest BCUT2D eigenvalue weighted by atomic mass is 16.5. The highest BCUT2D eigenvalue weighted by Crippen LogP contribution is 2.31. The summed E-state index contributed by atoms with van der Waals surface area (Å²) >= 11 is 0. The largest absolute Gasteiger partial charge is 0.497 e. The molecule has 136 valence electrons. The first-order valence-electron chi connectivity index (χ1n) is 9.11. The number of ether oxygens (including phenoxy) is 1. The van der Waals surface area contributed by atoms with Crippen LogP contribution < -0.4 is 10.1 Å². The highest BCUT2D eigenvalue weighted by Gasteiger charge is 2.12. The van der Waals surface area contributed by atoms with E-state index in [1.807, 2.05) is 54.7 Å². The number of aromatic nitrogens is 2. The van der Waals surface area contributed by atoms with Gasteiger partial charge in [-0.2, -0.15) is 0 Å². The monoisotopic (exact) mass is 366 g/mol. The first-order valence-corrected chi connectivity index (χ1v) is 9.11. The molecule has 0 saturated heterocycles. The lowest BCUT2D eigenvalue weighted by Crippen LogP contribution is -2.00. The summed E-state index contributed by atoms with van der Waals surface area (Å²) in [5.41, 5.74) is 5.19. The molecule has 5 nitrogen and oxygen atoms in total. The van der Waals surface area contributed by atoms with E-state index < -0.39 is 0 Å². The van der Waals surface area contributed by atoms with Gasteiger partial charge in [0.25, 0.3) is 0 Å². The maximum atomic E-state index is 5.40. The first kappa shape index (κ1) is 16.4. The maximum Gasteiger partial charge on any atom is 0.162 e. The Hall–Kier alpha value is -3.73. The maximum absolute atomic E-state index is 5.40. The van der Waals surface area contributed by atoms with Crippen molar-refractivity contribution in [1.82, 2.24) is 9.97 Å². The molecule has 0 fully saturated rings. The van der Waals surface area contributed by atoms with Gasteiger partial charge < -0.3 is 10.1 Å². The normalized spacial score (nSPS) is 12.2. The van der Waals surface area contributed by atoms with Crippen LogP contribution in [0.25, 0.3) is 22.3 Å². The number of rotatable bonds is 4. The topological polar surface area (TPSA) is 59.4 Å². The molecule has 1 aromatic heterocycles. The van der Waals surface area contributed by atoms with Crippen LogP contribution in [0.1, 0.15) is 11.1 Å². The van der Waals surface area contributed by atoms with Gasteiger partial charge in [0.15, 0.2) is 5.82 Å². The molecule has 0 radical (unpaired) electrons. The average Bonchev–Trinajstić information content (AvgIpc) is 3.22. The summed E-state index contributed by atoms with van der Waals surface area (Å²) in [4.78, 5) is 13.9. The van der Waals surface area contributed by atoms with Crippen molar-refractivity contribution in [2.45, 2.75) is 6.54 Å². The quantitative estimate of drug-likeness (QED) is 0.553. The molecule has 4 aromatic rings. The molecule has 0 amide bonds.